The number of hydrogen-bond donors (Lipinski definition) is 0. The number of fused-ring (bicyclic) bond motifs is 5. The largest absolute Gasteiger partial charge is 0.281 e. The topological polar surface area (TPSA) is 32.7 Å². The van der Waals surface area contributed by atoms with Crippen LogP contribution in [0.1, 0.15) is 33.2 Å². The molecule has 3 heteroatoms. The molecule has 1 unspecified atom stereocenters. The number of rotatable bonds is 1. The van der Waals surface area contributed by atoms with Crippen molar-refractivity contribution in [1.29, 1.82) is 0 Å². The average molecular weight is 310 g/mol. The molecule has 0 aliphatic carbocycles. The smallest absolute Gasteiger partial charge is 0.260 e. The van der Waals surface area contributed by atoms with Crippen LogP contribution in [0.5, 0.6) is 0 Å². The number of nitrogens with zero attached hydrogens (tertiary/aromatic N) is 2. The maximum atomic E-state index is 12.9. The molecule has 0 radical (unpaired) electrons. The Morgan fingerprint density at radius 2 is 1.42 bits per heavy atom. The molecular formula is C21H14N2O. The van der Waals surface area contributed by atoms with Crippen LogP contribution in [-0.4, -0.2) is 11.6 Å². The summed E-state index contributed by atoms with van der Waals surface area (Å²) >= 11 is 0. The van der Waals surface area contributed by atoms with Crippen molar-refractivity contribution in [3.63, 3.8) is 0 Å². The van der Waals surface area contributed by atoms with E-state index >= 15 is 0 Å². The Balaban J connectivity index is 1.79. The minimum atomic E-state index is -0.279. The van der Waals surface area contributed by atoms with E-state index in [9.17, 15) is 4.79 Å². The summed E-state index contributed by atoms with van der Waals surface area (Å²) in [6.45, 7) is 0. The van der Waals surface area contributed by atoms with E-state index in [1.54, 1.807) is 0 Å². The van der Waals surface area contributed by atoms with E-state index in [4.69, 9.17) is 4.99 Å². The number of amides is 1. The van der Waals surface area contributed by atoms with Crippen LogP contribution in [-0.2, 0) is 0 Å². The highest BCUT2D eigenvalue weighted by molar-refractivity contribution is 6.22. The molecule has 0 bridgehead atoms. The average Bonchev–Trinajstić information content (AvgIpc) is 2.95. The van der Waals surface area contributed by atoms with Crippen molar-refractivity contribution in [2.24, 2.45) is 4.99 Å². The summed E-state index contributed by atoms with van der Waals surface area (Å²) in [6, 6.07) is 25.9. The Labute approximate surface area is 139 Å². The summed E-state index contributed by atoms with van der Waals surface area (Å²) in [5.74, 6) is 0.0268. The Kier molecular flexibility index (Phi) is 2.71. The van der Waals surface area contributed by atoms with Crippen LogP contribution in [0.4, 0.5) is 5.69 Å². The monoisotopic (exact) mass is 310 g/mol. The Morgan fingerprint density at radius 3 is 2.25 bits per heavy atom. The fourth-order valence-corrected chi connectivity index (χ4v) is 3.57. The quantitative estimate of drug-likeness (QED) is 0.663. The second-order valence-electron chi connectivity index (χ2n) is 6.00. The zero-order valence-corrected chi connectivity index (χ0v) is 12.9. The molecule has 24 heavy (non-hydrogen) atoms. The van der Waals surface area contributed by atoms with Gasteiger partial charge >= 0.3 is 0 Å². The summed E-state index contributed by atoms with van der Waals surface area (Å²) in [7, 11) is 0. The third kappa shape index (κ3) is 1.72. The van der Waals surface area contributed by atoms with Crippen LogP contribution in [0.2, 0.25) is 0 Å². The van der Waals surface area contributed by atoms with E-state index in [2.05, 4.69) is 12.1 Å². The molecule has 0 saturated carbocycles. The van der Waals surface area contributed by atoms with Crippen molar-refractivity contribution in [2.75, 3.05) is 4.90 Å². The molecular weight excluding hydrogens is 296 g/mol. The van der Waals surface area contributed by atoms with E-state index in [1.165, 1.54) is 0 Å². The number of para-hydroxylation sites is 1. The Bertz CT molecular complexity index is 991. The molecule has 0 spiro atoms. The fourth-order valence-electron chi connectivity index (χ4n) is 3.57. The second kappa shape index (κ2) is 4.90. The molecule has 2 aliphatic heterocycles. The van der Waals surface area contributed by atoms with Gasteiger partial charge < -0.3 is 0 Å². The van der Waals surface area contributed by atoms with Crippen LogP contribution in [0.15, 0.2) is 83.9 Å². The van der Waals surface area contributed by atoms with Crippen molar-refractivity contribution in [3.05, 3.63) is 101 Å². The van der Waals surface area contributed by atoms with Crippen molar-refractivity contribution < 1.29 is 4.79 Å². The van der Waals surface area contributed by atoms with E-state index in [-0.39, 0.29) is 12.1 Å². The summed E-state index contributed by atoms with van der Waals surface area (Å²) in [4.78, 5) is 19.7. The SMILES string of the molecule is O=C1c2ccccc2C2N=C(c3ccccc3)c3ccccc3N12. The third-order valence-corrected chi connectivity index (χ3v) is 4.65. The molecule has 3 nitrogen and oxygen atoms in total. The number of hydrogen-bond acceptors (Lipinski definition) is 2. The third-order valence-electron chi connectivity index (χ3n) is 4.65. The van der Waals surface area contributed by atoms with E-state index in [1.807, 2.05) is 71.6 Å². The highest BCUT2D eigenvalue weighted by atomic mass is 16.2. The van der Waals surface area contributed by atoms with Crippen LogP contribution >= 0.6 is 0 Å². The van der Waals surface area contributed by atoms with Gasteiger partial charge in [-0.2, -0.15) is 0 Å². The molecule has 0 N–H and O–H groups in total. The van der Waals surface area contributed by atoms with Gasteiger partial charge in [0.15, 0.2) is 6.17 Å². The molecule has 0 fully saturated rings. The molecule has 0 aromatic heterocycles. The Morgan fingerprint density at radius 1 is 0.750 bits per heavy atom. The summed E-state index contributed by atoms with van der Waals surface area (Å²) < 4.78 is 0. The van der Waals surface area contributed by atoms with E-state index in [0.29, 0.717) is 0 Å². The summed E-state index contributed by atoms with van der Waals surface area (Å²) in [5.41, 5.74) is 5.66. The lowest BCUT2D eigenvalue weighted by Crippen LogP contribution is -2.32. The lowest BCUT2D eigenvalue weighted by atomic mass is 9.97. The fraction of sp³-hybridized carbons (Fsp3) is 0.0476. The van der Waals surface area contributed by atoms with Gasteiger partial charge in [0.05, 0.1) is 11.4 Å². The first kappa shape index (κ1) is 13.3. The lowest BCUT2D eigenvalue weighted by molar-refractivity contribution is 0.0991. The first-order valence-corrected chi connectivity index (χ1v) is 8.00. The predicted octanol–water partition coefficient (Wildman–Crippen LogP) is 4.20. The van der Waals surface area contributed by atoms with Gasteiger partial charge in [-0.15, -0.1) is 0 Å². The molecule has 1 atom stereocenters. The molecule has 3 aromatic carbocycles. The van der Waals surface area contributed by atoms with Crippen molar-refractivity contribution >= 4 is 17.3 Å². The first-order chi connectivity index (χ1) is 11.8. The zero-order chi connectivity index (χ0) is 16.1. The number of anilines is 1. The maximum Gasteiger partial charge on any atom is 0.260 e. The van der Waals surface area contributed by atoms with Crippen LogP contribution < -0.4 is 4.90 Å². The standard InChI is InChI=1S/C21H14N2O/c24-21-16-11-5-4-10-15(16)20-22-19(14-8-2-1-3-9-14)17-12-6-7-13-18(17)23(20)21/h1-13,20H. The van der Waals surface area contributed by atoms with Crippen molar-refractivity contribution in [1.82, 2.24) is 0 Å². The highest BCUT2D eigenvalue weighted by Crippen LogP contribution is 2.43. The van der Waals surface area contributed by atoms with Crippen molar-refractivity contribution in [3.8, 4) is 0 Å². The van der Waals surface area contributed by atoms with Gasteiger partial charge in [-0.25, -0.2) is 0 Å². The predicted molar refractivity (Wildman–Crippen MR) is 94.5 cm³/mol. The van der Waals surface area contributed by atoms with Gasteiger partial charge in [0.25, 0.3) is 5.91 Å². The van der Waals surface area contributed by atoms with Gasteiger partial charge in [-0.1, -0.05) is 66.7 Å². The van der Waals surface area contributed by atoms with Crippen LogP contribution in [0, 0.1) is 0 Å². The highest BCUT2D eigenvalue weighted by Gasteiger charge is 2.41. The van der Waals surface area contributed by atoms with Gasteiger partial charge in [-0.05, 0) is 12.1 Å². The number of aliphatic imine (C=N–C) groups is 1. The second-order valence-corrected chi connectivity index (χ2v) is 6.00. The van der Waals surface area contributed by atoms with Gasteiger partial charge in [0, 0.05) is 22.3 Å². The van der Waals surface area contributed by atoms with Gasteiger partial charge in [0.2, 0.25) is 0 Å². The Hall–Kier alpha value is -3.20. The zero-order valence-electron chi connectivity index (χ0n) is 12.9. The number of carbonyl (C=O) groups excluding carboxylic acids is 1. The van der Waals surface area contributed by atoms with E-state index in [0.717, 1.165) is 33.7 Å². The van der Waals surface area contributed by atoms with Gasteiger partial charge in [0.1, 0.15) is 0 Å². The van der Waals surface area contributed by atoms with E-state index < -0.39 is 0 Å². The summed E-state index contributed by atoms with van der Waals surface area (Å²) in [6.07, 6.45) is -0.279. The normalized spacial score (nSPS) is 17.8. The maximum absolute atomic E-state index is 12.9. The number of carbonyl (C=O) groups is 1. The lowest BCUT2D eigenvalue weighted by Gasteiger charge is -2.30. The molecule has 114 valence electrons. The minimum absolute atomic E-state index is 0.0268. The van der Waals surface area contributed by atoms with Crippen LogP contribution in [0.3, 0.4) is 0 Å². The van der Waals surface area contributed by atoms with Crippen LogP contribution in [0.25, 0.3) is 0 Å². The number of benzene rings is 3. The van der Waals surface area contributed by atoms with Crippen molar-refractivity contribution in [2.45, 2.75) is 6.17 Å². The first-order valence-electron chi connectivity index (χ1n) is 8.00. The summed E-state index contributed by atoms with van der Waals surface area (Å²) in [5, 5.41) is 0. The molecule has 5 rings (SSSR count). The minimum Gasteiger partial charge on any atom is -0.281 e. The molecule has 1 amide bonds. The molecule has 2 aliphatic rings. The molecule has 2 heterocycles. The van der Waals surface area contributed by atoms with Gasteiger partial charge in [-0.3, -0.25) is 14.7 Å². The molecule has 3 aromatic rings. The molecule has 0 saturated heterocycles.